The normalized spacial score (nSPS) is 24.6. The van der Waals surface area contributed by atoms with Crippen molar-refractivity contribution in [3.63, 3.8) is 0 Å². The predicted octanol–water partition coefficient (Wildman–Crippen LogP) is 3.43. The number of rotatable bonds is 5. The Morgan fingerprint density at radius 2 is 1.72 bits per heavy atom. The SMILES string of the molecule is O=S1(=O)NC(O)=CN1C1CCC(OC2CCN(c3ccc(-c4nc5ccccc5[nH]4)cn3)CC2)CC1. The summed E-state index contributed by atoms with van der Waals surface area (Å²) in [5, 5.41) is 9.52. The minimum Gasteiger partial charge on any atom is -0.493 e. The Labute approximate surface area is 210 Å². The van der Waals surface area contributed by atoms with Gasteiger partial charge in [-0.1, -0.05) is 12.1 Å². The number of benzene rings is 1. The topological polar surface area (TPSA) is 124 Å². The van der Waals surface area contributed by atoms with Crippen molar-refractivity contribution < 1.29 is 18.3 Å². The third-order valence-corrected chi connectivity index (χ3v) is 8.75. The number of hydrogen-bond acceptors (Lipinski definition) is 7. The van der Waals surface area contributed by atoms with E-state index in [0.29, 0.717) is 0 Å². The van der Waals surface area contributed by atoms with E-state index in [0.717, 1.165) is 79.9 Å². The molecule has 3 aliphatic rings. The van der Waals surface area contributed by atoms with Crippen LogP contribution in [0.4, 0.5) is 5.82 Å². The summed E-state index contributed by atoms with van der Waals surface area (Å²) in [5.41, 5.74) is 2.93. The molecule has 0 amide bonds. The van der Waals surface area contributed by atoms with Crippen molar-refractivity contribution >= 4 is 27.1 Å². The Bertz CT molecular complexity index is 1320. The monoisotopic (exact) mass is 510 g/mol. The van der Waals surface area contributed by atoms with Crippen molar-refractivity contribution in [3.8, 4) is 11.4 Å². The fraction of sp³-hybridized carbons (Fsp3) is 0.440. The van der Waals surface area contributed by atoms with Crippen LogP contribution in [-0.4, -0.2) is 64.1 Å². The molecule has 0 spiro atoms. The molecule has 1 saturated heterocycles. The van der Waals surface area contributed by atoms with Crippen molar-refractivity contribution in [3.05, 3.63) is 54.7 Å². The number of aliphatic hydroxyl groups is 1. The minimum atomic E-state index is -3.65. The largest absolute Gasteiger partial charge is 0.493 e. The first-order valence-electron chi connectivity index (χ1n) is 12.5. The van der Waals surface area contributed by atoms with E-state index in [1.807, 2.05) is 30.5 Å². The number of nitrogens with one attached hydrogen (secondary N) is 2. The zero-order valence-electron chi connectivity index (χ0n) is 19.9. The van der Waals surface area contributed by atoms with Crippen LogP contribution >= 0.6 is 0 Å². The van der Waals surface area contributed by atoms with Gasteiger partial charge in [0.1, 0.15) is 11.6 Å². The third-order valence-electron chi connectivity index (χ3n) is 7.33. The molecule has 3 aromatic rings. The molecule has 1 aromatic carbocycles. The van der Waals surface area contributed by atoms with Crippen LogP contribution < -0.4 is 9.62 Å². The smallest absolute Gasteiger partial charge is 0.326 e. The van der Waals surface area contributed by atoms with Gasteiger partial charge in [0.25, 0.3) is 0 Å². The Morgan fingerprint density at radius 1 is 0.972 bits per heavy atom. The molecule has 0 atom stereocenters. The van der Waals surface area contributed by atoms with Gasteiger partial charge in [-0.25, -0.2) is 14.7 Å². The lowest BCUT2D eigenvalue weighted by molar-refractivity contribution is -0.0449. The molecule has 4 heterocycles. The van der Waals surface area contributed by atoms with E-state index < -0.39 is 10.2 Å². The molecule has 190 valence electrons. The highest BCUT2D eigenvalue weighted by Gasteiger charge is 2.36. The van der Waals surface area contributed by atoms with Crippen LogP contribution in [-0.2, 0) is 14.9 Å². The molecule has 36 heavy (non-hydrogen) atoms. The lowest BCUT2D eigenvalue weighted by Gasteiger charge is -2.37. The summed E-state index contributed by atoms with van der Waals surface area (Å²) in [7, 11) is -3.65. The quantitative estimate of drug-likeness (QED) is 0.480. The van der Waals surface area contributed by atoms with Gasteiger partial charge >= 0.3 is 10.2 Å². The molecule has 0 bridgehead atoms. The number of para-hydroxylation sites is 2. The predicted molar refractivity (Wildman–Crippen MR) is 136 cm³/mol. The highest BCUT2D eigenvalue weighted by Crippen LogP contribution is 2.31. The summed E-state index contributed by atoms with van der Waals surface area (Å²) in [5.74, 6) is 1.47. The zero-order valence-corrected chi connectivity index (χ0v) is 20.7. The van der Waals surface area contributed by atoms with Crippen LogP contribution in [0.25, 0.3) is 22.4 Å². The molecule has 11 heteroatoms. The maximum absolute atomic E-state index is 12.1. The van der Waals surface area contributed by atoms with E-state index in [2.05, 4.69) is 31.7 Å². The van der Waals surface area contributed by atoms with Gasteiger partial charge in [-0.15, -0.1) is 0 Å². The summed E-state index contributed by atoms with van der Waals surface area (Å²) in [4.78, 5) is 15.0. The minimum absolute atomic E-state index is 0.137. The van der Waals surface area contributed by atoms with Crippen molar-refractivity contribution in [1.82, 2.24) is 24.0 Å². The Hall–Kier alpha value is -3.31. The number of fused-ring (bicyclic) bond motifs is 1. The third kappa shape index (κ3) is 4.60. The highest BCUT2D eigenvalue weighted by atomic mass is 32.2. The average Bonchev–Trinajstić information content (AvgIpc) is 3.44. The average molecular weight is 511 g/mol. The molecule has 2 aromatic heterocycles. The van der Waals surface area contributed by atoms with Crippen molar-refractivity contribution in [1.29, 1.82) is 0 Å². The molecule has 3 N–H and O–H groups in total. The molecule has 2 aliphatic heterocycles. The van der Waals surface area contributed by atoms with Crippen molar-refractivity contribution in [2.45, 2.75) is 56.8 Å². The number of imidazole rings is 1. The number of H-pyrrole nitrogens is 1. The van der Waals surface area contributed by atoms with Crippen LogP contribution in [0, 0.1) is 0 Å². The summed E-state index contributed by atoms with van der Waals surface area (Å²) in [6.07, 6.45) is 8.45. The number of anilines is 1. The number of aromatic nitrogens is 3. The first-order valence-corrected chi connectivity index (χ1v) is 13.9. The van der Waals surface area contributed by atoms with E-state index in [1.54, 1.807) is 0 Å². The molecule has 6 rings (SSSR count). The first kappa shape index (κ1) is 23.1. The molecular formula is C25H30N6O4S. The van der Waals surface area contributed by atoms with Gasteiger partial charge in [-0.3, -0.25) is 4.31 Å². The molecule has 0 unspecified atom stereocenters. The maximum Gasteiger partial charge on any atom is 0.326 e. The number of aromatic amines is 1. The summed E-state index contributed by atoms with van der Waals surface area (Å²) >= 11 is 0. The van der Waals surface area contributed by atoms with Crippen LogP contribution in [0.2, 0.25) is 0 Å². The summed E-state index contributed by atoms with van der Waals surface area (Å²) in [6, 6.07) is 12.0. The second-order valence-electron chi connectivity index (χ2n) is 9.71. The summed E-state index contributed by atoms with van der Waals surface area (Å²) in [6.45, 7) is 1.78. The Kier molecular flexibility index (Phi) is 5.96. The molecule has 1 saturated carbocycles. The fourth-order valence-corrected chi connectivity index (χ4v) is 6.70. The van der Waals surface area contributed by atoms with Crippen molar-refractivity contribution in [2.24, 2.45) is 0 Å². The number of nitrogens with zero attached hydrogens (tertiary/aromatic N) is 4. The Morgan fingerprint density at radius 3 is 2.39 bits per heavy atom. The Balaban J connectivity index is 0.992. The van der Waals surface area contributed by atoms with E-state index in [-0.39, 0.29) is 24.1 Å². The van der Waals surface area contributed by atoms with Gasteiger partial charge in [0.15, 0.2) is 0 Å². The van der Waals surface area contributed by atoms with Gasteiger partial charge in [0.05, 0.1) is 29.4 Å². The number of piperidine rings is 1. The van der Waals surface area contributed by atoms with E-state index in [4.69, 9.17) is 9.72 Å². The lowest BCUT2D eigenvalue weighted by Crippen LogP contribution is -2.42. The van der Waals surface area contributed by atoms with Crippen LogP contribution in [0.5, 0.6) is 0 Å². The molecule has 0 radical (unpaired) electrons. The molecule has 1 aliphatic carbocycles. The van der Waals surface area contributed by atoms with Crippen LogP contribution in [0.15, 0.2) is 54.7 Å². The van der Waals surface area contributed by atoms with E-state index >= 15 is 0 Å². The fourth-order valence-electron chi connectivity index (χ4n) is 5.43. The van der Waals surface area contributed by atoms with Gasteiger partial charge in [-0.2, -0.15) is 8.42 Å². The van der Waals surface area contributed by atoms with Gasteiger partial charge in [0.2, 0.25) is 5.88 Å². The second-order valence-corrected chi connectivity index (χ2v) is 11.3. The van der Waals surface area contributed by atoms with Gasteiger partial charge < -0.3 is 19.7 Å². The number of ether oxygens (including phenoxy) is 1. The number of hydrogen-bond donors (Lipinski definition) is 3. The summed E-state index contributed by atoms with van der Waals surface area (Å²) < 4.78 is 34.0. The lowest BCUT2D eigenvalue weighted by atomic mass is 9.92. The molecule has 10 nitrogen and oxygen atoms in total. The molecular weight excluding hydrogens is 480 g/mol. The van der Waals surface area contributed by atoms with Crippen LogP contribution in [0.1, 0.15) is 38.5 Å². The zero-order chi connectivity index (χ0) is 24.7. The first-order chi connectivity index (χ1) is 17.4. The van der Waals surface area contributed by atoms with Crippen LogP contribution in [0.3, 0.4) is 0 Å². The highest BCUT2D eigenvalue weighted by molar-refractivity contribution is 7.87. The van der Waals surface area contributed by atoms with Gasteiger partial charge in [-0.05, 0) is 62.8 Å². The maximum atomic E-state index is 12.1. The standard InChI is InChI=1S/C25H30N6O4S/c32-24-16-31(36(33,34)29-24)18-6-8-19(9-7-18)35-20-11-13-30(14-12-20)23-10-5-17(15-26-23)25-27-21-3-1-2-4-22(21)28-25/h1-5,10,15-16,18-20,29,32H,6-9,11-14H2,(H,27,28). The molecule has 2 fully saturated rings. The number of aliphatic hydroxyl groups excluding tert-OH is 1. The van der Waals surface area contributed by atoms with E-state index in [9.17, 15) is 13.5 Å². The van der Waals surface area contributed by atoms with Crippen molar-refractivity contribution in [2.75, 3.05) is 18.0 Å². The van der Waals surface area contributed by atoms with E-state index in [1.165, 1.54) is 10.5 Å². The number of pyridine rings is 1. The van der Waals surface area contributed by atoms with Gasteiger partial charge in [0, 0.05) is 30.9 Å². The second kappa shape index (κ2) is 9.29.